The fourth-order valence-electron chi connectivity index (χ4n) is 1.71. The Morgan fingerprint density at radius 3 is 2.86 bits per heavy atom. The van der Waals surface area contributed by atoms with Crippen LogP contribution in [-0.4, -0.2) is 4.98 Å². The van der Waals surface area contributed by atoms with Crippen LogP contribution in [0.15, 0.2) is 17.0 Å². The lowest BCUT2D eigenvalue weighted by Crippen LogP contribution is -1.98. The Hall–Kier alpha value is -0.790. The molecule has 1 atom stereocenters. The van der Waals surface area contributed by atoms with Crippen LogP contribution < -0.4 is 0 Å². The van der Waals surface area contributed by atoms with Crippen LogP contribution in [0.2, 0.25) is 0 Å². The van der Waals surface area contributed by atoms with Gasteiger partial charge in [-0.2, -0.15) is 0 Å². The quantitative estimate of drug-likeness (QED) is 0.618. The van der Waals surface area contributed by atoms with Crippen molar-refractivity contribution in [2.75, 3.05) is 0 Å². The van der Waals surface area contributed by atoms with Crippen LogP contribution in [0.25, 0.3) is 0 Å². The molecule has 2 heteroatoms. The lowest BCUT2D eigenvalue weighted by atomic mass is 9.99. The number of hydrogen-bond donors (Lipinski definition) is 0. The molecular formula is C12H21NO. The standard InChI is InChI=1S/C12H21NO/c1-3-4-5-6-7-11(2)8-12-9-13-10-14-12/h9-11H,3-8H2,1-2H3. The summed E-state index contributed by atoms with van der Waals surface area (Å²) in [6.07, 6.45) is 11.1. The molecule has 0 N–H and O–H groups in total. The summed E-state index contributed by atoms with van der Waals surface area (Å²) in [5, 5.41) is 0. The van der Waals surface area contributed by atoms with Crippen molar-refractivity contribution in [2.24, 2.45) is 5.92 Å². The lowest BCUT2D eigenvalue weighted by molar-refractivity contribution is 0.425. The van der Waals surface area contributed by atoms with Gasteiger partial charge in [0.2, 0.25) is 0 Å². The highest BCUT2D eigenvalue weighted by molar-refractivity contribution is 4.89. The van der Waals surface area contributed by atoms with Gasteiger partial charge in [0.1, 0.15) is 5.76 Å². The molecule has 2 nitrogen and oxygen atoms in total. The molecule has 0 aliphatic heterocycles. The van der Waals surface area contributed by atoms with E-state index in [4.69, 9.17) is 4.42 Å². The highest BCUT2D eigenvalue weighted by Crippen LogP contribution is 2.15. The number of aromatic nitrogens is 1. The molecular weight excluding hydrogens is 174 g/mol. The molecule has 0 aliphatic rings. The number of nitrogens with zero attached hydrogens (tertiary/aromatic N) is 1. The van der Waals surface area contributed by atoms with Gasteiger partial charge in [-0.1, -0.05) is 46.0 Å². The molecule has 0 saturated carbocycles. The SMILES string of the molecule is CCCCCCC(C)Cc1cnco1. The van der Waals surface area contributed by atoms with Gasteiger partial charge in [-0.25, -0.2) is 4.98 Å². The zero-order valence-corrected chi connectivity index (χ0v) is 9.33. The van der Waals surface area contributed by atoms with E-state index in [9.17, 15) is 0 Å². The van der Waals surface area contributed by atoms with Crippen LogP contribution in [0.4, 0.5) is 0 Å². The van der Waals surface area contributed by atoms with Crippen LogP contribution in [0.5, 0.6) is 0 Å². The van der Waals surface area contributed by atoms with Gasteiger partial charge in [0, 0.05) is 6.42 Å². The average molecular weight is 195 g/mol. The lowest BCUT2D eigenvalue weighted by Gasteiger charge is -2.08. The van der Waals surface area contributed by atoms with Gasteiger partial charge in [-0.3, -0.25) is 0 Å². The van der Waals surface area contributed by atoms with Gasteiger partial charge in [-0.15, -0.1) is 0 Å². The summed E-state index contributed by atoms with van der Waals surface area (Å²) >= 11 is 0. The van der Waals surface area contributed by atoms with Crippen molar-refractivity contribution >= 4 is 0 Å². The molecule has 0 spiro atoms. The Kier molecular flexibility index (Phi) is 5.35. The second kappa shape index (κ2) is 6.63. The summed E-state index contributed by atoms with van der Waals surface area (Å²) in [4.78, 5) is 3.92. The van der Waals surface area contributed by atoms with Crippen LogP contribution in [0.1, 0.15) is 51.7 Å². The smallest absolute Gasteiger partial charge is 0.180 e. The first-order valence-corrected chi connectivity index (χ1v) is 5.70. The van der Waals surface area contributed by atoms with Gasteiger partial charge < -0.3 is 4.42 Å². The van der Waals surface area contributed by atoms with Crippen molar-refractivity contribution in [3.05, 3.63) is 18.4 Å². The number of hydrogen-bond acceptors (Lipinski definition) is 2. The Morgan fingerprint density at radius 1 is 1.36 bits per heavy atom. The van der Waals surface area contributed by atoms with Gasteiger partial charge in [0.25, 0.3) is 0 Å². The van der Waals surface area contributed by atoms with Crippen LogP contribution in [-0.2, 0) is 6.42 Å². The minimum atomic E-state index is 0.722. The molecule has 0 radical (unpaired) electrons. The molecule has 0 bridgehead atoms. The summed E-state index contributed by atoms with van der Waals surface area (Å²) in [7, 11) is 0. The Labute approximate surface area is 86.7 Å². The van der Waals surface area contributed by atoms with Crippen molar-refractivity contribution < 1.29 is 4.42 Å². The zero-order valence-electron chi connectivity index (χ0n) is 9.33. The third-order valence-corrected chi connectivity index (χ3v) is 2.58. The average Bonchev–Trinajstić information content (AvgIpc) is 2.65. The van der Waals surface area contributed by atoms with Gasteiger partial charge >= 0.3 is 0 Å². The molecule has 0 aliphatic carbocycles. The minimum Gasteiger partial charge on any atom is -0.449 e. The third kappa shape index (κ3) is 4.45. The van der Waals surface area contributed by atoms with Crippen LogP contribution >= 0.6 is 0 Å². The van der Waals surface area contributed by atoms with Crippen molar-refractivity contribution in [1.82, 2.24) is 4.98 Å². The molecule has 0 fully saturated rings. The van der Waals surface area contributed by atoms with E-state index in [1.54, 1.807) is 0 Å². The maximum atomic E-state index is 5.22. The Morgan fingerprint density at radius 2 is 2.21 bits per heavy atom. The summed E-state index contributed by atoms with van der Waals surface area (Å²) in [5.74, 6) is 1.74. The fraction of sp³-hybridized carbons (Fsp3) is 0.750. The van der Waals surface area contributed by atoms with Gasteiger partial charge in [0.15, 0.2) is 6.39 Å². The molecule has 1 unspecified atom stereocenters. The van der Waals surface area contributed by atoms with Crippen molar-refractivity contribution in [1.29, 1.82) is 0 Å². The predicted octanol–water partition coefficient (Wildman–Crippen LogP) is 3.82. The van der Waals surface area contributed by atoms with Crippen molar-refractivity contribution in [3.8, 4) is 0 Å². The molecule has 1 heterocycles. The molecule has 1 rings (SSSR count). The largest absolute Gasteiger partial charge is 0.449 e. The van der Waals surface area contributed by atoms with E-state index in [-0.39, 0.29) is 0 Å². The second-order valence-corrected chi connectivity index (χ2v) is 4.13. The van der Waals surface area contributed by atoms with E-state index in [0.29, 0.717) is 0 Å². The van der Waals surface area contributed by atoms with Crippen LogP contribution in [0, 0.1) is 5.92 Å². The number of rotatable bonds is 7. The fourth-order valence-corrected chi connectivity index (χ4v) is 1.71. The highest BCUT2D eigenvalue weighted by Gasteiger charge is 2.05. The maximum Gasteiger partial charge on any atom is 0.180 e. The van der Waals surface area contributed by atoms with E-state index in [2.05, 4.69) is 18.8 Å². The van der Waals surface area contributed by atoms with E-state index >= 15 is 0 Å². The van der Waals surface area contributed by atoms with Crippen LogP contribution in [0.3, 0.4) is 0 Å². The minimum absolute atomic E-state index is 0.722. The Balaban J connectivity index is 2.07. The maximum absolute atomic E-state index is 5.22. The van der Waals surface area contributed by atoms with Gasteiger partial charge in [-0.05, 0) is 5.92 Å². The molecule has 1 aromatic heterocycles. The highest BCUT2D eigenvalue weighted by atomic mass is 16.3. The molecule has 80 valence electrons. The zero-order chi connectivity index (χ0) is 10.2. The second-order valence-electron chi connectivity index (χ2n) is 4.13. The number of oxazole rings is 1. The Bertz CT molecular complexity index is 218. The molecule has 0 amide bonds. The normalized spacial score (nSPS) is 13.0. The molecule has 14 heavy (non-hydrogen) atoms. The third-order valence-electron chi connectivity index (χ3n) is 2.58. The molecule has 1 aromatic rings. The number of unbranched alkanes of at least 4 members (excludes halogenated alkanes) is 3. The summed E-state index contributed by atoms with van der Waals surface area (Å²) < 4.78 is 5.22. The first-order valence-electron chi connectivity index (χ1n) is 5.70. The monoisotopic (exact) mass is 195 g/mol. The van der Waals surface area contributed by atoms with E-state index in [0.717, 1.165) is 18.1 Å². The summed E-state index contributed by atoms with van der Waals surface area (Å²) in [6.45, 7) is 4.53. The first-order chi connectivity index (χ1) is 6.83. The molecule has 0 aromatic carbocycles. The summed E-state index contributed by atoms with van der Waals surface area (Å²) in [5.41, 5.74) is 0. The van der Waals surface area contributed by atoms with E-state index in [1.165, 1.54) is 38.5 Å². The van der Waals surface area contributed by atoms with E-state index in [1.807, 2.05) is 6.20 Å². The van der Waals surface area contributed by atoms with Gasteiger partial charge in [0.05, 0.1) is 6.20 Å². The van der Waals surface area contributed by atoms with Crippen molar-refractivity contribution in [2.45, 2.75) is 52.4 Å². The first kappa shape index (κ1) is 11.3. The molecule has 0 saturated heterocycles. The topological polar surface area (TPSA) is 26.0 Å². The predicted molar refractivity (Wildman–Crippen MR) is 58.1 cm³/mol. The summed E-state index contributed by atoms with van der Waals surface area (Å²) in [6, 6.07) is 0. The van der Waals surface area contributed by atoms with Crippen molar-refractivity contribution in [3.63, 3.8) is 0 Å². The van der Waals surface area contributed by atoms with E-state index < -0.39 is 0 Å².